The second-order valence-corrected chi connectivity index (χ2v) is 10.7. The average molecular weight is 410 g/mol. The minimum atomic E-state index is -3.71. The van der Waals surface area contributed by atoms with E-state index in [0.29, 0.717) is 12.8 Å². The summed E-state index contributed by atoms with van der Waals surface area (Å²) in [4.78, 5) is 28.4. The molecule has 3 aliphatic rings. The number of sulfonamides is 1. The van der Waals surface area contributed by atoms with Crippen LogP contribution in [0.5, 0.6) is 0 Å². The fraction of sp³-hybridized carbons (Fsp3) is 0.737. The molecule has 0 amide bonds. The van der Waals surface area contributed by atoms with Crippen LogP contribution in [0.4, 0.5) is 0 Å². The predicted octanol–water partition coefficient (Wildman–Crippen LogP) is 2.15. The van der Waals surface area contributed by atoms with Gasteiger partial charge < -0.3 is 9.15 Å². The van der Waals surface area contributed by atoms with Crippen molar-refractivity contribution in [2.24, 2.45) is 16.7 Å². The molecule has 3 saturated carbocycles. The third kappa shape index (κ3) is 2.90. The van der Waals surface area contributed by atoms with Crippen LogP contribution in [0.2, 0.25) is 0 Å². The van der Waals surface area contributed by atoms with Gasteiger partial charge in [-0.2, -0.15) is 4.31 Å². The molecular formula is C19H26N2O6S. The quantitative estimate of drug-likeness (QED) is 0.634. The van der Waals surface area contributed by atoms with E-state index >= 15 is 0 Å². The van der Waals surface area contributed by atoms with Gasteiger partial charge >= 0.3 is 5.97 Å². The molecule has 3 fully saturated rings. The number of oxazole rings is 1. The van der Waals surface area contributed by atoms with Crippen LogP contribution in [-0.2, 0) is 26.1 Å². The number of aromatic nitrogens is 1. The summed E-state index contributed by atoms with van der Waals surface area (Å²) in [6.45, 7) is 4.02. The average Bonchev–Trinajstić information content (AvgIpc) is 3.27. The molecule has 0 saturated heterocycles. The number of rotatable bonds is 7. The first-order chi connectivity index (χ1) is 13.1. The van der Waals surface area contributed by atoms with Gasteiger partial charge in [-0.25, -0.2) is 18.2 Å². The molecule has 2 unspecified atom stereocenters. The Labute approximate surface area is 164 Å². The first kappa shape index (κ1) is 19.6. The van der Waals surface area contributed by atoms with Crippen LogP contribution in [0.1, 0.15) is 62.3 Å². The maximum atomic E-state index is 13.4. The van der Waals surface area contributed by atoms with Crippen LogP contribution in [0.25, 0.3) is 0 Å². The molecule has 1 aromatic rings. The zero-order valence-electron chi connectivity index (χ0n) is 16.4. The summed E-state index contributed by atoms with van der Waals surface area (Å²) in [7, 11) is -2.47. The number of carbonyl (C=O) groups excluding carboxylic acids is 2. The molecule has 0 aromatic carbocycles. The van der Waals surface area contributed by atoms with Gasteiger partial charge in [-0.05, 0) is 37.0 Å². The van der Waals surface area contributed by atoms with Crippen LogP contribution >= 0.6 is 0 Å². The molecule has 0 aliphatic heterocycles. The Morgan fingerprint density at radius 1 is 1.36 bits per heavy atom. The number of hydrogen-bond donors (Lipinski definition) is 0. The lowest BCUT2D eigenvalue weighted by Gasteiger charge is -2.37. The molecule has 0 N–H and O–H groups in total. The number of ether oxygens (including phenoxy) is 1. The van der Waals surface area contributed by atoms with Crippen LogP contribution < -0.4 is 0 Å². The molecule has 1 aromatic heterocycles. The number of Topliss-reactive ketones (excluding diaryl/α,β-unsaturated/α-hetero) is 1. The fourth-order valence-electron chi connectivity index (χ4n) is 5.03. The normalized spacial score (nSPS) is 28.9. The van der Waals surface area contributed by atoms with Gasteiger partial charge in [0.1, 0.15) is 12.0 Å². The number of carbonyl (C=O) groups is 2. The molecule has 0 spiro atoms. The van der Waals surface area contributed by atoms with Gasteiger partial charge in [0.25, 0.3) is 0 Å². The molecule has 28 heavy (non-hydrogen) atoms. The van der Waals surface area contributed by atoms with Crippen molar-refractivity contribution < 1.29 is 27.2 Å². The van der Waals surface area contributed by atoms with E-state index in [0.717, 1.165) is 19.3 Å². The van der Waals surface area contributed by atoms with E-state index in [1.54, 1.807) is 0 Å². The second-order valence-electron chi connectivity index (χ2n) is 8.82. The fourth-order valence-corrected chi connectivity index (χ4v) is 7.47. The Balaban J connectivity index is 1.58. The Morgan fingerprint density at radius 3 is 2.61 bits per heavy atom. The van der Waals surface area contributed by atoms with E-state index in [-0.39, 0.29) is 47.0 Å². The molecule has 3 aliphatic carbocycles. The highest BCUT2D eigenvalue weighted by molar-refractivity contribution is 7.89. The zero-order valence-corrected chi connectivity index (χ0v) is 17.3. The number of methoxy groups -OCH3 is 1. The Bertz CT molecular complexity index is 917. The van der Waals surface area contributed by atoms with E-state index in [2.05, 4.69) is 9.72 Å². The molecule has 8 nitrogen and oxygen atoms in total. The summed E-state index contributed by atoms with van der Waals surface area (Å²) < 4.78 is 38.1. The SMILES string of the molecule is COC(=O)c1coc(CN(C2CC2)S(=O)(=O)CC23CCC(CC2=O)C3(C)C)n1. The minimum absolute atomic E-state index is 0.00924. The summed E-state index contributed by atoms with van der Waals surface area (Å²) in [5.41, 5.74) is -1.11. The van der Waals surface area contributed by atoms with Gasteiger partial charge in [0.05, 0.1) is 19.4 Å². The highest BCUT2D eigenvalue weighted by Gasteiger charge is 2.65. The maximum Gasteiger partial charge on any atom is 0.360 e. The van der Waals surface area contributed by atoms with Gasteiger partial charge in [0.2, 0.25) is 15.9 Å². The number of nitrogens with zero attached hydrogens (tertiary/aromatic N) is 2. The van der Waals surface area contributed by atoms with Gasteiger partial charge in [-0.15, -0.1) is 0 Å². The molecule has 2 atom stereocenters. The first-order valence-electron chi connectivity index (χ1n) is 9.66. The van der Waals surface area contributed by atoms with Crippen LogP contribution in [0.15, 0.2) is 10.7 Å². The highest BCUT2D eigenvalue weighted by atomic mass is 32.2. The molecule has 0 radical (unpaired) electrons. The van der Waals surface area contributed by atoms with E-state index < -0.39 is 21.4 Å². The van der Waals surface area contributed by atoms with Crippen molar-refractivity contribution in [3.8, 4) is 0 Å². The van der Waals surface area contributed by atoms with E-state index in [9.17, 15) is 18.0 Å². The molecule has 2 bridgehead atoms. The van der Waals surface area contributed by atoms with Crippen molar-refractivity contribution in [2.75, 3.05) is 12.9 Å². The van der Waals surface area contributed by atoms with Gasteiger partial charge in [-0.3, -0.25) is 4.79 Å². The van der Waals surface area contributed by atoms with Crippen molar-refractivity contribution in [3.63, 3.8) is 0 Å². The van der Waals surface area contributed by atoms with Crippen LogP contribution in [0.3, 0.4) is 0 Å². The lowest BCUT2D eigenvalue weighted by atomic mass is 9.70. The Kier molecular flexibility index (Phi) is 4.46. The number of ketones is 1. The van der Waals surface area contributed by atoms with Crippen LogP contribution in [-0.4, -0.2) is 48.4 Å². The number of hydrogen-bond acceptors (Lipinski definition) is 7. The van der Waals surface area contributed by atoms with Crippen molar-refractivity contribution in [1.29, 1.82) is 0 Å². The molecular weight excluding hydrogens is 384 g/mol. The standard InChI is InChI=1S/C19H26N2O6S/c1-18(2)12-6-7-19(18,15(22)8-12)11-28(24,25)21(13-4-5-13)9-16-20-14(10-27-16)17(23)26-3/h10,12-13H,4-9,11H2,1-3H3. The van der Waals surface area contributed by atoms with Crippen LogP contribution in [0, 0.1) is 16.7 Å². The monoisotopic (exact) mass is 410 g/mol. The summed E-state index contributed by atoms with van der Waals surface area (Å²) >= 11 is 0. The topological polar surface area (TPSA) is 107 Å². The van der Waals surface area contributed by atoms with Crippen molar-refractivity contribution in [3.05, 3.63) is 17.8 Å². The molecule has 1 heterocycles. The smallest absolute Gasteiger partial charge is 0.360 e. The van der Waals surface area contributed by atoms with Gasteiger partial charge in [0, 0.05) is 17.9 Å². The van der Waals surface area contributed by atoms with E-state index in [1.807, 2.05) is 13.8 Å². The third-order valence-corrected chi connectivity index (χ3v) is 9.12. The Morgan fingerprint density at radius 2 is 2.07 bits per heavy atom. The highest BCUT2D eigenvalue weighted by Crippen LogP contribution is 2.64. The van der Waals surface area contributed by atoms with Crippen molar-refractivity contribution in [1.82, 2.24) is 9.29 Å². The number of esters is 1. The first-order valence-corrected chi connectivity index (χ1v) is 11.3. The van der Waals surface area contributed by atoms with Gasteiger partial charge in [-0.1, -0.05) is 13.8 Å². The summed E-state index contributed by atoms with van der Waals surface area (Å²) in [5, 5.41) is 0. The van der Waals surface area contributed by atoms with Crippen molar-refractivity contribution >= 4 is 21.8 Å². The zero-order chi connectivity index (χ0) is 20.3. The lowest BCUT2D eigenvalue weighted by molar-refractivity contribution is -0.128. The molecule has 4 rings (SSSR count). The summed E-state index contributed by atoms with van der Waals surface area (Å²) in [6.07, 6.45) is 4.73. The third-order valence-electron chi connectivity index (χ3n) is 7.12. The molecule has 9 heteroatoms. The summed E-state index contributed by atoms with van der Waals surface area (Å²) in [6, 6.07) is -0.105. The van der Waals surface area contributed by atoms with E-state index in [4.69, 9.17) is 4.42 Å². The maximum absolute atomic E-state index is 13.4. The second kappa shape index (κ2) is 6.38. The Hall–Kier alpha value is -1.74. The van der Waals surface area contributed by atoms with Crippen molar-refractivity contribution in [2.45, 2.75) is 58.5 Å². The lowest BCUT2D eigenvalue weighted by Crippen LogP contribution is -2.47. The summed E-state index contributed by atoms with van der Waals surface area (Å²) in [5.74, 6) is -0.306. The largest absolute Gasteiger partial charge is 0.464 e. The minimum Gasteiger partial charge on any atom is -0.464 e. The van der Waals surface area contributed by atoms with Gasteiger partial charge in [0.15, 0.2) is 5.69 Å². The predicted molar refractivity (Wildman–Crippen MR) is 98.8 cm³/mol. The number of fused-ring (bicyclic) bond motifs is 2. The molecule has 154 valence electrons. The van der Waals surface area contributed by atoms with E-state index in [1.165, 1.54) is 17.7 Å².